The summed E-state index contributed by atoms with van der Waals surface area (Å²) in [7, 11) is 5.00. The largest absolute Gasteiger partial charge is 0.497 e. The number of nitriles is 1. The normalized spacial score (nSPS) is 11.0. The van der Waals surface area contributed by atoms with Crippen LogP contribution in [0.2, 0.25) is 0 Å². The SMILES string of the molecule is C=C(Nn1c(-c2cc(OC)ccc2OC)csc1=NC)c1ccc(C#N)cc1. The molecule has 0 spiro atoms. The highest BCUT2D eigenvalue weighted by molar-refractivity contribution is 7.07. The molecule has 6 nitrogen and oxygen atoms in total. The van der Waals surface area contributed by atoms with Gasteiger partial charge in [0.15, 0.2) is 0 Å². The molecule has 0 amide bonds. The van der Waals surface area contributed by atoms with E-state index in [0.29, 0.717) is 11.3 Å². The highest BCUT2D eigenvalue weighted by atomic mass is 32.1. The first-order valence-electron chi connectivity index (χ1n) is 8.43. The van der Waals surface area contributed by atoms with Gasteiger partial charge in [0.25, 0.3) is 0 Å². The molecule has 0 aliphatic rings. The molecule has 3 aromatic rings. The van der Waals surface area contributed by atoms with E-state index in [4.69, 9.17) is 14.7 Å². The van der Waals surface area contributed by atoms with Gasteiger partial charge in [-0.25, -0.2) is 4.68 Å². The van der Waals surface area contributed by atoms with E-state index in [0.717, 1.165) is 33.1 Å². The van der Waals surface area contributed by atoms with Gasteiger partial charge in [0.05, 0.1) is 37.2 Å². The van der Waals surface area contributed by atoms with E-state index in [1.807, 2.05) is 40.4 Å². The third-order valence-corrected chi connectivity index (χ3v) is 5.11. The van der Waals surface area contributed by atoms with Crippen LogP contribution in [0.1, 0.15) is 11.1 Å². The number of hydrogen-bond donors (Lipinski definition) is 1. The number of aromatic nitrogens is 1. The number of nitrogens with one attached hydrogen (secondary N) is 1. The quantitative estimate of drug-likeness (QED) is 0.692. The van der Waals surface area contributed by atoms with Gasteiger partial charge < -0.3 is 9.47 Å². The number of ether oxygens (including phenoxy) is 2. The molecule has 0 saturated carbocycles. The van der Waals surface area contributed by atoms with Crippen molar-refractivity contribution < 1.29 is 9.47 Å². The molecule has 1 N–H and O–H groups in total. The Labute approximate surface area is 167 Å². The molecule has 0 radical (unpaired) electrons. The van der Waals surface area contributed by atoms with Crippen molar-refractivity contribution in [2.45, 2.75) is 0 Å². The minimum Gasteiger partial charge on any atom is -0.497 e. The van der Waals surface area contributed by atoms with Gasteiger partial charge in [-0.05, 0) is 35.9 Å². The Bertz CT molecular complexity index is 1100. The van der Waals surface area contributed by atoms with Gasteiger partial charge in [-0.3, -0.25) is 10.4 Å². The topological polar surface area (TPSA) is 71.6 Å². The molecule has 1 aromatic heterocycles. The zero-order chi connectivity index (χ0) is 20.1. The molecule has 7 heteroatoms. The molecule has 3 rings (SSSR count). The molecule has 0 bridgehead atoms. The molecule has 0 aliphatic heterocycles. The van der Waals surface area contributed by atoms with E-state index in [2.05, 4.69) is 23.1 Å². The van der Waals surface area contributed by atoms with E-state index < -0.39 is 0 Å². The maximum Gasteiger partial charge on any atom is 0.204 e. The van der Waals surface area contributed by atoms with Crippen LogP contribution in [-0.2, 0) is 0 Å². The summed E-state index contributed by atoms with van der Waals surface area (Å²) in [5, 5.41) is 11.0. The van der Waals surface area contributed by atoms with Gasteiger partial charge >= 0.3 is 0 Å². The van der Waals surface area contributed by atoms with Gasteiger partial charge in [0.2, 0.25) is 4.80 Å². The average Bonchev–Trinajstić information content (AvgIpc) is 3.15. The average molecular weight is 392 g/mol. The first-order chi connectivity index (χ1) is 13.6. The molecule has 0 atom stereocenters. The maximum atomic E-state index is 8.97. The number of methoxy groups -OCH3 is 2. The van der Waals surface area contributed by atoms with Crippen molar-refractivity contribution in [2.24, 2.45) is 4.99 Å². The molecule has 0 fully saturated rings. The molecule has 0 unspecified atom stereocenters. The Hall–Kier alpha value is -3.50. The lowest BCUT2D eigenvalue weighted by molar-refractivity contribution is 0.404. The Balaban J connectivity index is 2.04. The summed E-state index contributed by atoms with van der Waals surface area (Å²) in [5.41, 5.74) is 7.21. The Kier molecular flexibility index (Phi) is 5.82. The monoisotopic (exact) mass is 392 g/mol. The number of nitrogens with zero attached hydrogens (tertiary/aromatic N) is 3. The second-order valence-electron chi connectivity index (χ2n) is 5.81. The van der Waals surface area contributed by atoms with Crippen molar-refractivity contribution in [3.05, 3.63) is 70.4 Å². The summed E-state index contributed by atoms with van der Waals surface area (Å²) >= 11 is 1.50. The van der Waals surface area contributed by atoms with E-state index in [1.165, 1.54) is 11.3 Å². The molecule has 1 heterocycles. The Morgan fingerprint density at radius 3 is 2.54 bits per heavy atom. The van der Waals surface area contributed by atoms with Gasteiger partial charge in [-0.2, -0.15) is 5.26 Å². The van der Waals surface area contributed by atoms with Gasteiger partial charge in [0.1, 0.15) is 11.5 Å². The number of thiazole rings is 1. The van der Waals surface area contributed by atoms with Crippen LogP contribution < -0.4 is 19.7 Å². The second kappa shape index (κ2) is 8.46. The Morgan fingerprint density at radius 1 is 1.18 bits per heavy atom. The molecule has 0 aliphatic carbocycles. The van der Waals surface area contributed by atoms with Crippen molar-refractivity contribution in [2.75, 3.05) is 26.7 Å². The van der Waals surface area contributed by atoms with Crippen molar-refractivity contribution in [1.29, 1.82) is 5.26 Å². The zero-order valence-electron chi connectivity index (χ0n) is 15.9. The summed E-state index contributed by atoms with van der Waals surface area (Å²) in [4.78, 5) is 5.12. The van der Waals surface area contributed by atoms with E-state index in [-0.39, 0.29) is 0 Å². The standard InChI is InChI=1S/C21H20N4O2S/c1-14(16-7-5-15(12-22)6-8-16)24-25-19(13-28-21(25)23-2)18-11-17(26-3)9-10-20(18)27-4/h5-11,13,24H,1H2,2-4H3. The summed E-state index contributed by atoms with van der Waals surface area (Å²) in [5.74, 6) is 1.45. The number of rotatable bonds is 6. The lowest BCUT2D eigenvalue weighted by Crippen LogP contribution is -2.25. The van der Waals surface area contributed by atoms with Crippen LogP contribution in [-0.4, -0.2) is 25.9 Å². The van der Waals surface area contributed by atoms with Crippen LogP contribution in [0, 0.1) is 11.3 Å². The zero-order valence-corrected chi connectivity index (χ0v) is 16.7. The third-order valence-electron chi connectivity index (χ3n) is 4.19. The maximum absolute atomic E-state index is 8.97. The van der Waals surface area contributed by atoms with E-state index in [1.54, 1.807) is 33.4 Å². The van der Waals surface area contributed by atoms with Gasteiger partial charge in [-0.1, -0.05) is 18.7 Å². The van der Waals surface area contributed by atoms with Crippen LogP contribution in [0.25, 0.3) is 17.0 Å². The Morgan fingerprint density at radius 2 is 1.93 bits per heavy atom. The summed E-state index contributed by atoms with van der Waals surface area (Å²) in [6.45, 7) is 4.13. The first kappa shape index (κ1) is 19.3. The van der Waals surface area contributed by atoms with Crippen LogP contribution >= 0.6 is 11.3 Å². The molecular formula is C21H20N4O2S. The third kappa shape index (κ3) is 3.77. The number of hydrogen-bond acceptors (Lipinski definition) is 6. The lowest BCUT2D eigenvalue weighted by atomic mass is 10.1. The predicted octanol–water partition coefficient (Wildman–Crippen LogP) is 3.85. The van der Waals surface area contributed by atoms with E-state index in [9.17, 15) is 0 Å². The lowest BCUT2D eigenvalue weighted by Gasteiger charge is -2.16. The van der Waals surface area contributed by atoms with Gasteiger partial charge in [0, 0.05) is 18.0 Å². The molecule has 2 aromatic carbocycles. The van der Waals surface area contributed by atoms with Crippen molar-refractivity contribution in [3.63, 3.8) is 0 Å². The molecule has 28 heavy (non-hydrogen) atoms. The molecule has 0 saturated heterocycles. The summed E-state index contributed by atoms with van der Waals surface area (Å²) < 4.78 is 12.8. The highest BCUT2D eigenvalue weighted by Gasteiger charge is 2.15. The van der Waals surface area contributed by atoms with Crippen LogP contribution in [0.3, 0.4) is 0 Å². The molecular weight excluding hydrogens is 372 g/mol. The smallest absolute Gasteiger partial charge is 0.204 e. The summed E-state index contributed by atoms with van der Waals surface area (Å²) in [6.07, 6.45) is 0. The summed E-state index contributed by atoms with van der Waals surface area (Å²) in [6, 6.07) is 15.0. The van der Waals surface area contributed by atoms with Gasteiger partial charge in [-0.15, -0.1) is 11.3 Å². The minimum atomic E-state index is 0.603. The van der Waals surface area contributed by atoms with Crippen molar-refractivity contribution in [3.8, 4) is 28.8 Å². The number of benzene rings is 2. The van der Waals surface area contributed by atoms with Crippen LogP contribution in [0.5, 0.6) is 11.5 Å². The fourth-order valence-electron chi connectivity index (χ4n) is 2.72. The predicted molar refractivity (Wildman–Crippen MR) is 112 cm³/mol. The van der Waals surface area contributed by atoms with Crippen LogP contribution in [0.4, 0.5) is 0 Å². The van der Waals surface area contributed by atoms with Crippen LogP contribution in [0.15, 0.2) is 59.4 Å². The second-order valence-corrected chi connectivity index (χ2v) is 6.64. The molecule has 142 valence electrons. The minimum absolute atomic E-state index is 0.603. The highest BCUT2D eigenvalue weighted by Crippen LogP contribution is 2.33. The fraction of sp³-hybridized carbons (Fsp3) is 0.143. The fourth-order valence-corrected chi connectivity index (χ4v) is 3.53. The van der Waals surface area contributed by atoms with E-state index >= 15 is 0 Å². The van der Waals surface area contributed by atoms with Crippen molar-refractivity contribution in [1.82, 2.24) is 4.68 Å². The van der Waals surface area contributed by atoms with Crippen molar-refractivity contribution >= 4 is 17.0 Å². The first-order valence-corrected chi connectivity index (χ1v) is 9.31.